The summed E-state index contributed by atoms with van der Waals surface area (Å²) in [7, 11) is 0. The number of aromatic nitrogens is 3. The highest BCUT2D eigenvalue weighted by Crippen LogP contribution is 2.40. The second-order valence-corrected chi connectivity index (χ2v) is 13.0. The van der Waals surface area contributed by atoms with Gasteiger partial charge in [0, 0.05) is 33.0 Å². The van der Waals surface area contributed by atoms with Crippen molar-refractivity contribution in [3.63, 3.8) is 0 Å². The van der Waals surface area contributed by atoms with Crippen LogP contribution in [0.2, 0.25) is 0 Å². The van der Waals surface area contributed by atoms with Crippen LogP contribution in [0.3, 0.4) is 0 Å². The number of benzene rings is 7. The Labute approximate surface area is 296 Å². The number of furan rings is 1. The van der Waals surface area contributed by atoms with Crippen molar-refractivity contribution in [2.75, 3.05) is 0 Å². The molecule has 0 saturated heterocycles. The molecule has 51 heavy (non-hydrogen) atoms. The topological polar surface area (TPSA) is 51.8 Å². The van der Waals surface area contributed by atoms with Gasteiger partial charge in [0.1, 0.15) is 11.2 Å². The van der Waals surface area contributed by atoms with Crippen LogP contribution < -0.4 is 0 Å². The van der Waals surface area contributed by atoms with Crippen molar-refractivity contribution in [2.24, 2.45) is 0 Å². The number of hydrogen-bond acceptors (Lipinski definition) is 4. The first-order chi connectivity index (χ1) is 25.1. The zero-order valence-corrected chi connectivity index (χ0v) is 28.3. The minimum Gasteiger partial charge on any atom is -0.455 e. The van der Waals surface area contributed by atoms with Crippen LogP contribution in [0.25, 0.3) is 89.5 Å². The molecule has 0 N–H and O–H groups in total. The maximum Gasteiger partial charge on any atom is 0.164 e. The van der Waals surface area contributed by atoms with Crippen molar-refractivity contribution in [3.8, 4) is 67.5 Å². The van der Waals surface area contributed by atoms with Crippen LogP contribution in [0.5, 0.6) is 0 Å². The largest absolute Gasteiger partial charge is 0.455 e. The van der Waals surface area contributed by atoms with Gasteiger partial charge in [0.2, 0.25) is 0 Å². The molecule has 9 aromatic rings. The SMILES string of the molecule is Cc1cc(-c2cccc(-c3ccc(-c4nc(-c5ccccc5)nc(-c5ccccc5)n4)cc3)c2)ccc1-c1c(C)ccc2c1oc1ccccc12. The molecular weight excluding hydrogens is 623 g/mol. The Balaban J connectivity index is 1.04. The van der Waals surface area contributed by atoms with Crippen LogP contribution in [0.15, 0.2) is 168 Å². The van der Waals surface area contributed by atoms with Crippen molar-refractivity contribution in [1.82, 2.24) is 15.0 Å². The highest BCUT2D eigenvalue weighted by atomic mass is 16.3. The first kappa shape index (κ1) is 30.4. The third kappa shape index (κ3) is 5.67. The lowest BCUT2D eigenvalue weighted by molar-refractivity contribution is 0.669. The van der Waals surface area contributed by atoms with Gasteiger partial charge in [-0.25, -0.2) is 15.0 Å². The molecule has 0 amide bonds. The number of rotatable bonds is 6. The number of fused-ring (bicyclic) bond motifs is 3. The van der Waals surface area contributed by atoms with E-state index >= 15 is 0 Å². The predicted molar refractivity (Wildman–Crippen MR) is 209 cm³/mol. The molecule has 0 aliphatic carbocycles. The minimum atomic E-state index is 0.646. The van der Waals surface area contributed by atoms with Crippen molar-refractivity contribution in [2.45, 2.75) is 13.8 Å². The van der Waals surface area contributed by atoms with E-state index in [1.807, 2.05) is 72.8 Å². The number of aryl methyl sites for hydroxylation is 2. The van der Waals surface area contributed by atoms with Gasteiger partial charge in [-0.05, 0) is 64.9 Å². The molecule has 0 spiro atoms. The maximum absolute atomic E-state index is 6.43. The molecule has 0 atom stereocenters. The van der Waals surface area contributed by atoms with Crippen LogP contribution in [0, 0.1) is 13.8 Å². The Morgan fingerprint density at radius 1 is 0.373 bits per heavy atom. The number of nitrogens with zero attached hydrogens (tertiary/aromatic N) is 3. The highest BCUT2D eigenvalue weighted by molar-refractivity contribution is 6.10. The molecule has 4 nitrogen and oxygen atoms in total. The smallest absolute Gasteiger partial charge is 0.164 e. The van der Waals surface area contributed by atoms with Gasteiger partial charge < -0.3 is 4.42 Å². The molecule has 0 radical (unpaired) electrons. The fourth-order valence-corrected chi connectivity index (χ4v) is 6.97. The minimum absolute atomic E-state index is 0.646. The van der Waals surface area contributed by atoms with E-state index in [0.29, 0.717) is 17.5 Å². The molecule has 7 aromatic carbocycles. The monoisotopic (exact) mass is 655 g/mol. The van der Waals surface area contributed by atoms with Crippen LogP contribution in [0.4, 0.5) is 0 Å². The Hall–Kier alpha value is -6.65. The van der Waals surface area contributed by atoms with Crippen molar-refractivity contribution < 1.29 is 4.42 Å². The molecule has 0 bridgehead atoms. The first-order valence-electron chi connectivity index (χ1n) is 17.2. The van der Waals surface area contributed by atoms with Gasteiger partial charge in [-0.2, -0.15) is 0 Å². The summed E-state index contributed by atoms with van der Waals surface area (Å²) in [4.78, 5) is 14.6. The summed E-state index contributed by atoms with van der Waals surface area (Å²) in [5, 5.41) is 2.30. The van der Waals surface area contributed by atoms with E-state index in [1.165, 1.54) is 27.8 Å². The van der Waals surface area contributed by atoms with Crippen LogP contribution in [-0.4, -0.2) is 15.0 Å². The standard InChI is InChI=1S/C47H33N3O/c1-30-20-26-41-40-18-9-10-19-42(40)51-44(41)43(30)39-27-25-38(28-31(39)2)37-17-11-16-36(29-37)32-21-23-35(24-22-32)47-49-45(33-12-5-3-6-13-33)48-46(50-47)34-14-7-4-8-15-34/h3-29H,1-2H3. The molecular formula is C47H33N3O. The Kier molecular flexibility index (Phi) is 7.55. The lowest BCUT2D eigenvalue weighted by Crippen LogP contribution is -2.00. The normalized spacial score (nSPS) is 11.3. The van der Waals surface area contributed by atoms with Crippen LogP contribution in [-0.2, 0) is 0 Å². The van der Waals surface area contributed by atoms with E-state index in [2.05, 4.69) is 105 Å². The summed E-state index contributed by atoms with van der Waals surface area (Å²) in [6.07, 6.45) is 0. The summed E-state index contributed by atoms with van der Waals surface area (Å²) < 4.78 is 6.43. The number of para-hydroxylation sites is 1. The average molecular weight is 656 g/mol. The van der Waals surface area contributed by atoms with Gasteiger partial charge >= 0.3 is 0 Å². The van der Waals surface area contributed by atoms with Gasteiger partial charge in [0.15, 0.2) is 17.5 Å². The predicted octanol–water partition coefficient (Wildman–Crippen LogP) is 12.4. The molecule has 242 valence electrons. The second-order valence-electron chi connectivity index (χ2n) is 13.0. The second kappa shape index (κ2) is 12.7. The summed E-state index contributed by atoms with van der Waals surface area (Å²) in [5.74, 6) is 1.95. The van der Waals surface area contributed by atoms with E-state index in [-0.39, 0.29) is 0 Å². The Bertz CT molecular complexity index is 2640. The molecule has 2 aromatic heterocycles. The van der Waals surface area contributed by atoms with Gasteiger partial charge in [-0.3, -0.25) is 0 Å². The molecule has 9 rings (SSSR count). The first-order valence-corrected chi connectivity index (χ1v) is 17.2. The molecule has 0 aliphatic heterocycles. The van der Waals surface area contributed by atoms with Gasteiger partial charge in [-0.15, -0.1) is 0 Å². The Morgan fingerprint density at radius 3 is 1.53 bits per heavy atom. The third-order valence-electron chi connectivity index (χ3n) is 9.62. The molecule has 0 unspecified atom stereocenters. The average Bonchev–Trinajstić information content (AvgIpc) is 3.57. The van der Waals surface area contributed by atoms with Crippen LogP contribution in [0.1, 0.15) is 11.1 Å². The molecule has 0 aliphatic rings. The lowest BCUT2D eigenvalue weighted by atomic mass is 9.91. The van der Waals surface area contributed by atoms with E-state index in [1.54, 1.807) is 0 Å². The zero-order chi connectivity index (χ0) is 34.3. The molecule has 0 fully saturated rings. The summed E-state index contributed by atoms with van der Waals surface area (Å²) in [6, 6.07) is 56.7. The Morgan fingerprint density at radius 2 is 0.882 bits per heavy atom. The van der Waals surface area contributed by atoms with Gasteiger partial charge in [0.25, 0.3) is 0 Å². The van der Waals surface area contributed by atoms with Gasteiger partial charge in [-0.1, -0.05) is 152 Å². The van der Waals surface area contributed by atoms with Crippen molar-refractivity contribution in [3.05, 3.63) is 175 Å². The van der Waals surface area contributed by atoms with E-state index in [4.69, 9.17) is 19.4 Å². The van der Waals surface area contributed by atoms with Crippen molar-refractivity contribution >= 4 is 21.9 Å². The number of hydrogen-bond donors (Lipinski definition) is 0. The summed E-state index contributed by atoms with van der Waals surface area (Å²) in [6.45, 7) is 4.35. The van der Waals surface area contributed by atoms with E-state index in [9.17, 15) is 0 Å². The summed E-state index contributed by atoms with van der Waals surface area (Å²) in [5.41, 5.74) is 14.1. The van der Waals surface area contributed by atoms with Crippen molar-refractivity contribution in [1.29, 1.82) is 0 Å². The third-order valence-corrected chi connectivity index (χ3v) is 9.62. The summed E-state index contributed by atoms with van der Waals surface area (Å²) >= 11 is 0. The fraction of sp³-hybridized carbons (Fsp3) is 0.0426. The fourth-order valence-electron chi connectivity index (χ4n) is 6.97. The van der Waals surface area contributed by atoms with Gasteiger partial charge in [0.05, 0.1) is 0 Å². The van der Waals surface area contributed by atoms with E-state index in [0.717, 1.165) is 55.3 Å². The van der Waals surface area contributed by atoms with E-state index < -0.39 is 0 Å². The lowest BCUT2D eigenvalue weighted by Gasteiger charge is -2.13. The molecule has 2 heterocycles. The van der Waals surface area contributed by atoms with Crippen LogP contribution >= 0.6 is 0 Å². The molecule has 4 heteroatoms. The maximum atomic E-state index is 6.43. The quantitative estimate of drug-likeness (QED) is 0.179. The zero-order valence-electron chi connectivity index (χ0n) is 28.3. The molecule has 0 saturated carbocycles. The highest BCUT2D eigenvalue weighted by Gasteiger charge is 2.17.